The van der Waals surface area contributed by atoms with Crippen LogP contribution in [-0.2, 0) is 16.2 Å². The van der Waals surface area contributed by atoms with Gasteiger partial charge < -0.3 is 9.47 Å². The largest absolute Gasteiger partial charge is 0.490 e. The monoisotopic (exact) mass is 647 g/mol. The second-order valence-electron chi connectivity index (χ2n) is 7.88. The number of thiocarbonyl (C=S) groups is 1. The SMILES string of the molecule is CCOc1cc(/C=C2\C(=O)NC(=S)N(c3ccccc3F)C2=O)cc(I)c1OCc1ccc([N+](=O)[O-])cc1. The molecule has 0 bridgehead atoms. The second-order valence-corrected chi connectivity index (χ2v) is 9.43. The van der Waals surface area contributed by atoms with Crippen molar-refractivity contribution in [1.82, 2.24) is 5.32 Å². The van der Waals surface area contributed by atoms with Crippen LogP contribution in [0.25, 0.3) is 6.08 Å². The molecule has 0 spiro atoms. The molecule has 9 nitrogen and oxygen atoms in total. The van der Waals surface area contributed by atoms with Gasteiger partial charge in [-0.15, -0.1) is 0 Å². The van der Waals surface area contributed by atoms with Crippen LogP contribution in [0.4, 0.5) is 15.8 Å². The molecule has 0 aromatic heterocycles. The van der Waals surface area contributed by atoms with Crippen molar-refractivity contribution in [3.05, 3.63) is 96.9 Å². The molecule has 0 saturated carbocycles. The van der Waals surface area contributed by atoms with Gasteiger partial charge in [0.1, 0.15) is 18.0 Å². The molecule has 194 valence electrons. The predicted octanol–water partition coefficient (Wildman–Crippen LogP) is 5.15. The smallest absolute Gasteiger partial charge is 0.270 e. The van der Waals surface area contributed by atoms with Gasteiger partial charge in [-0.1, -0.05) is 12.1 Å². The van der Waals surface area contributed by atoms with Crippen LogP contribution in [0.3, 0.4) is 0 Å². The molecule has 0 atom stereocenters. The number of nitro groups is 1. The van der Waals surface area contributed by atoms with Crippen molar-refractivity contribution in [3.63, 3.8) is 0 Å². The van der Waals surface area contributed by atoms with Gasteiger partial charge in [-0.3, -0.25) is 25.0 Å². The number of amides is 2. The van der Waals surface area contributed by atoms with Gasteiger partial charge >= 0.3 is 0 Å². The summed E-state index contributed by atoms with van der Waals surface area (Å²) in [5.74, 6) is -1.34. The number of non-ortho nitro benzene ring substituents is 1. The zero-order valence-electron chi connectivity index (χ0n) is 19.8. The van der Waals surface area contributed by atoms with Crippen molar-refractivity contribution >= 4 is 69.2 Å². The van der Waals surface area contributed by atoms with Crippen molar-refractivity contribution in [1.29, 1.82) is 0 Å². The lowest BCUT2D eigenvalue weighted by molar-refractivity contribution is -0.384. The summed E-state index contributed by atoms with van der Waals surface area (Å²) in [6.45, 7) is 2.24. The maximum Gasteiger partial charge on any atom is 0.270 e. The molecule has 0 radical (unpaired) electrons. The number of nitrogens with zero attached hydrogens (tertiary/aromatic N) is 2. The van der Waals surface area contributed by atoms with Gasteiger partial charge in [0.25, 0.3) is 17.5 Å². The van der Waals surface area contributed by atoms with E-state index in [-0.39, 0.29) is 28.7 Å². The van der Waals surface area contributed by atoms with Crippen molar-refractivity contribution in [2.45, 2.75) is 13.5 Å². The number of ether oxygens (including phenoxy) is 2. The number of nitrogens with one attached hydrogen (secondary N) is 1. The summed E-state index contributed by atoms with van der Waals surface area (Å²) >= 11 is 7.17. The van der Waals surface area contributed by atoms with Gasteiger partial charge in [0.05, 0.1) is 20.8 Å². The van der Waals surface area contributed by atoms with Crippen molar-refractivity contribution < 1.29 is 28.4 Å². The van der Waals surface area contributed by atoms with E-state index in [0.29, 0.717) is 32.8 Å². The normalized spacial score (nSPS) is 14.4. The third-order valence-electron chi connectivity index (χ3n) is 5.37. The zero-order valence-corrected chi connectivity index (χ0v) is 22.7. The number of para-hydroxylation sites is 1. The predicted molar refractivity (Wildman–Crippen MR) is 150 cm³/mol. The molecular formula is C26H19FIN3O6S. The van der Waals surface area contributed by atoms with Crippen LogP contribution in [0.1, 0.15) is 18.1 Å². The van der Waals surface area contributed by atoms with Crippen molar-refractivity contribution in [3.8, 4) is 11.5 Å². The van der Waals surface area contributed by atoms with Crippen LogP contribution in [0.15, 0.2) is 66.2 Å². The van der Waals surface area contributed by atoms with Gasteiger partial charge in [-0.25, -0.2) is 9.29 Å². The lowest BCUT2D eigenvalue weighted by Crippen LogP contribution is -2.54. The average molecular weight is 647 g/mol. The summed E-state index contributed by atoms with van der Waals surface area (Å²) in [6.07, 6.45) is 1.37. The summed E-state index contributed by atoms with van der Waals surface area (Å²) in [4.78, 5) is 37.2. The summed E-state index contributed by atoms with van der Waals surface area (Å²) in [7, 11) is 0. The fraction of sp³-hybridized carbons (Fsp3) is 0.115. The topological polar surface area (TPSA) is 111 Å². The van der Waals surface area contributed by atoms with E-state index in [1.807, 2.05) is 22.6 Å². The molecule has 1 N–H and O–H groups in total. The third-order valence-corrected chi connectivity index (χ3v) is 6.45. The molecule has 1 aliphatic heterocycles. The Labute approximate surface area is 235 Å². The third kappa shape index (κ3) is 5.81. The number of anilines is 1. The Morgan fingerprint density at radius 1 is 1.13 bits per heavy atom. The van der Waals surface area contributed by atoms with Gasteiger partial charge in [0.15, 0.2) is 16.6 Å². The molecule has 12 heteroatoms. The van der Waals surface area contributed by atoms with Crippen LogP contribution in [0, 0.1) is 19.5 Å². The van der Waals surface area contributed by atoms with Crippen LogP contribution in [0.2, 0.25) is 0 Å². The Kier molecular flexibility index (Phi) is 8.32. The summed E-state index contributed by atoms with van der Waals surface area (Å²) in [5.41, 5.74) is 0.855. The molecule has 2 amide bonds. The first-order valence-electron chi connectivity index (χ1n) is 11.2. The molecule has 4 rings (SSSR count). The Morgan fingerprint density at radius 3 is 2.50 bits per heavy atom. The van der Waals surface area contributed by atoms with E-state index in [9.17, 15) is 24.1 Å². The maximum absolute atomic E-state index is 14.4. The highest BCUT2D eigenvalue weighted by Gasteiger charge is 2.35. The molecule has 1 saturated heterocycles. The minimum atomic E-state index is -0.768. The van der Waals surface area contributed by atoms with Crippen molar-refractivity contribution in [2.75, 3.05) is 11.5 Å². The second kappa shape index (κ2) is 11.6. The average Bonchev–Trinajstić information content (AvgIpc) is 2.87. The van der Waals surface area contributed by atoms with E-state index in [4.69, 9.17) is 21.7 Å². The molecule has 3 aromatic carbocycles. The lowest BCUT2D eigenvalue weighted by Gasteiger charge is -2.29. The number of benzene rings is 3. The fourth-order valence-electron chi connectivity index (χ4n) is 3.62. The first-order valence-corrected chi connectivity index (χ1v) is 12.7. The van der Waals surface area contributed by atoms with Gasteiger partial charge in [0.2, 0.25) is 0 Å². The highest BCUT2D eigenvalue weighted by atomic mass is 127. The number of carbonyl (C=O) groups excluding carboxylic acids is 2. The number of rotatable bonds is 8. The number of hydrogen-bond acceptors (Lipinski definition) is 7. The van der Waals surface area contributed by atoms with E-state index in [0.717, 1.165) is 4.90 Å². The summed E-state index contributed by atoms with van der Waals surface area (Å²) in [5, 5.41) is 13.1. The van der Waals surface area contributed by atoms with Crippen LogP contribution >= 0.6 is 34.8 Å². The molecule has 0 aliphatic carbocycles. The van der Waals surface area contributed by atoms with E-state index in [1.165, 1.54) is 36.4 Å². The molecule has 3 aromatic rings. The molecule has 1 aliphatic rings. The molecule has 1 fully saturated rings. The molecule has 1 heterocycles. The quantitative estimate of drug-likeness (QED) is 0.0900. The standard InChI is InChI=1S/C26H19FIN3O6S/c1-2-36-22-13-16(12-20(28)23(22)37-14-15-7-9-17(10-8-15)31(34)35)11-18-24(32)29-26(38)30(25(18)33)21-6-4-3-5-19(21)27/h3-13H,2,14H2,1H3,(H,29,32,38)/b18-11+. The number of nitro benzene ring substituents is 1. The highest BCUT2D eigenvalue weighted by molar-refractivity contribution is 14.1. The number of halogens is 2. The highest BCUT2D eigenvalue weighted by Crippen LogP contribution is 2.36. The van der Waals surface area contributed by atoms with E-state index >= 15 is 0 Å². The van der Waals surface area contributed by atoms with Crippen LogP contribution in [-0.4, -0.2) is 28.5 Å². The number of carbonyl (C=O) groups is 2. The van der Waals surface area contributed by atoms with E-state index < -0.39 is 22.6 Å². The maximum atomic E-state index is 14.4. The van der Waals surface area contributed by atoms with Crippen LogP contribution < -0.4 is 19.7 Å². The first-order chi connectivity index (χ1) is 18.2. The van der Waals surface area contributed by atoms with Crippen LogP contribution in [0.5, 0.6) is 11.5 Å². The Balaban J connectivity index is 1.64. The first kappa shape index (κ1) is 27.1. The summed E-state index contributed by atoms with van der Waals surface area (Å²) in [6, 6.07) is 14.9. The minimum absolute atomic E-state index is 0.0219. The summed E-state index contributed by atoms with van der Waals surface area (Å²) < 4.78 is 26.8. The van der Waals surface area contributed by atoms with Gasteiger partial charge in [0, 0.05) is 12.1 Å². The Hall–Kier alpha value is -3.91. The zero-order chi connectivity index (χ0) is 27.4. The van der Waals surface area contributed by atoms with E-state index in [1.54, 1.807) is 37.3 Å². The minimum Gasteiger partial charge on any atom is -0.490 e. The number of hydrogen-bond donors (Lipinski definition) is 1. The molecular weight excluding hydrogens is 628 g/mol. The Bertz CT molecular complexity index is 1480. The van der Waals surface area contributed by atoms with Crippen molar-refractivity contribution in [2.24, 2.45) is 0 Å². The van der Waals surface area contributed by atoms with Gasteiger partial charge in [-0.2, -0.15) is 0 Å². The molecule has 38 heavy (non-hydrogen) atoms. The lowest BCUT2D eigenvalue weighted by atomic mass is 10.1. The molecule has 0 unspecified atom stereocenters. The Morgan fingerprint density at radius 2 is 1.84 bits per heavy atom. The fourth-order valence-corrected chi connectivity index (χ4v) is 4.67. The van der Waals surface area contributed by atoms with Gasteiger partial charge in [-0.05, 0) is 95.3 Å². The van der Waals surface area contributed by atoms with E-state index in [2.05, 4.69) is 5.32 Å².